The van der Waals surface area contributed by atoms with Crippen molar-refractivity contribution in [2.75, 3.05) is 19.5 Å². The Labute approximate surface area is 147 Å². The van der Waals surface area contributed by atoms with Crippen molar-refractivity contribution in [1.29, 1.82) is 0 Å². The zero-order chi connectivity index (χ0) is 17.1. The van der Waals surface area contributed by atoms with Crippen molar-refractivity contribution in [3.05, 3.63) is 46.2 Å². The van der Waals surface area contributed by atoms with Crippen LogP contribution in [0.4, 0.5) is 5.13 Å². The van der Waals surface area contributed by atoms with Crippen LogP contribution in [0.3, 0.4) is 0 Å². The normalized spacial score (nSPS) is 10.5. The van der Waals surface area contributed by atoms with Crippen LogP contribution in [-0.4, -0.2) is 25.1 Å². The lowest BCUT2D eigenvalue weighted by Crippen LogP contribution is -2.12. The van der Waals surface area contributed by atoms with Crippen LogP contribution in [-0.2, 0) is 0 Å². The van der Waals surface area contributed by atoms with Crippen LogP contribution in [0.1, 0.15) is 15.2 Å². The van der Waals surface area contributed by atoms with Gasteiger partial charge in [-0.2, -0.15) is 0 Å². The van der Waals surface area contributed by atoms with Crippen LogP contribution >= 0.6 is 22.7 Å². The summed E-state index contributed by atoms with van der Waals surface area (Å²) in [5.41, 5.74) is 1.33. The molecule has 0 spiro atoms. The summed E-state index contributed by atoms with van der Waals surface area (Å²) in [5.74, 6) is 0.872. The molecule has 3 rings (SSSR count). The van der Waals surface area contributed by atoms with Gasteiger partial charge in [0.2, 0.25) is 0 Å². The van der Waals surface area contributed by atoms with E-state index in [9.17, 15) is 4.79 Å². The Kier molecular flexibility index (Phi) is 4.82. The molecule has 3 aromatic rings. The number of benzene rings is 1. The standard InChI is InChI=1S/C17H16N2O3S2/c1-10-4-5-15(24-10)14-9-23-17(18-14)19-16(20)11-6-12(21-2)8-13(7-11)22-3/h4-9H,1-3H3,(H,18,19,20). The summed E-state index contributed by atoms with van der Waals surface area (Å²) in [6, 6.07) is 9.13. The fraction of sp³-hybridized carbons (Fsp3) is 0.176. The van der Waals surface area contributed by atoms with E-state index in [-0.39, 0.29) is 5.91 Å². The molecule has 7 heteroatoms. The lowest BCUT2D eigenvalue weighted by atomic mass is 10.2. The molecule has 0 unspecified atom stereocenters. The maximum atomic E-state index is 12.4. The van der Waals surface area contributed by atoms with Gasteiger partial charge in [-0.25, -0.2) is 4.98 Å². The average molecular weight is 360 g/mol. The molecular weight excluding hydrogens is 344 g/mol. The zero-order valence-electron chi connectivity index (χ0n) is 13.5. The highest BCUT2D eigenvalue weighted by molar-refractivity contribution is 7.17. The Hall–Kier alpha value is -2.38. The van der Waals surface area contributed by atoms with E-state index in [1.54, 1.807) is 43.8 Å². The molecule has 1 aromatic carbocycles. The van der Waals surface area contributed by atoms with Crippen LogP contribution < -0.4 is 14.8 Å². The summed E-state index contributed by atoms with van der Waals surface area (Å²) in [6.07, 6.45) is 0. The summed E-state index contributed by atoms with van der Waals surface area (Å²) < 4.78 is 10.4. The maximum Gasteiger partial charge on any atom is 0.257 e. The zero-order valence-corrected chi connectivity index (χ0v) is 15.1. The molecule has 0 aliphatic carbocycles. The minimum atomic E-state index is -0.254. The van der Waals surface area contributed by atoms with Crippen molar-refractivity contribution < 1.29 is 14.3 Å². The van der Waals surface area contributed by atoms with E-state index < -0.39 is 0 Å². The van der Waals surface area contributed by atoms with E-state index in [0.29, 0.717) is 22.2 Å². The van der Waals surface area contributed by atoms with Gasteiger partial charge in [0, 0.05) is 21.9 Å². The van der Waals surface area contributed by atoms with Crippen LogP contribution in [0.2, 0.25) is 0 Å². The van der Waals surface area contributed by atoms with Gasteiger partial charge in [-0.1, -0.05) is 0 Å². The SMILES string of the molecule is COc1cc(OC)cc(C(=O)Nc2nc(-c3ccc(C)s3)cs2)c1. The number of hydrogen-bond acceptors (Lipinski definition) is 6. The van der Waals surface area contributed by atoms with Crippen LogP contribution in [0.5, 0.6) is 11.5 Å². The molecule has 24 heavy (non-hydrogen) atoms. The van der Waals surface area contributed by atoms with Crippen molar-refractivity contribution >= 4 is 33.7 Å². The number of carbonyl (C=O) groups is 1. The van der Waals surface area contributed by atoms with E-state index >= 15 is 0 Å². The molecule has 0 aliphatic heterocycles. The molecule has 0 saturated heterocycles. The monoisotopic (exact) mass is 360 g/mol. The van der Waals surface area contributed by atoms with E-state index in [1.807, 2.05) is 11.4 Å². The predicted octanol–water partition coefficient (Wildman–Crippen LogP) is 4.45. The number of aryl methyl sites for hydroxylation is 1. The summed E-state index contributed by atoms with van der Waals surface area (Å²) in [6.45, 7) is 2.05. The molecule has 124 valence electrons. The van der Waals surface area contributed by atoms with Gasteiger partial charge in [0.05, 0.1) is 24.8 Å². The van der Waals surface area contributed by atoms with Gasteiger partial charge in [-0.15, -0.1) is 22.7 Å². The number of nitrogens with one attached hydrogen (secondary N) is 1. The first-order valence-corrected chi connectivity index (χ1v) is 8.85. The third-order valence-electron chi connectivity index (χ3n) is 3.33. The Bertz CT molecular complexity index is 848. The number of thiazole rings is 1. The third kappa shape index (κ3) is 3.58. The summed E-state index contributed by atoms with van der Waals surface area (Å²) in [7, 11) is 3.10. The third-order valence-corrected chi connectivity index (χ3v) is 5.11. The molecule has 0 bridgehead atoms. The predicted molar refractivity (Wildman–Crippen MR) is 97.7 cm³/mol. The number of anilines is 1. The van der Waals surface area contributed by atoms with Gasteiger partial charge < -0.3 is 9.47 Å². The number of methoxy groups -OCH3 is 2. The van der Waals surface area contributed by atoms with Crippen LogP contribution in [0, 0.1) is 6.92 Å². The smallest absolute Gasteiger partial charge is 0.257 e. The molecule has 0 radical (unpaired) electrons. The summed E-state index contributed by atoms with van der Waals surface area (Å²) in [5, 5.41) is 5.32. The molecule has 1 amide bonds. The number of hydrogen-bond donors (Lipinski definition) is 1. The molecule has 0 aliphatic rings. The van der Waals surface area contributed by atoms with Crippen LogP contribution in [0.15, 0.2) is 35.7 Å². The minimum absolute atomic E-state index is 0.254. The van der Waals surface area contributed by atoms with Gasteiger partial charge in [-0.05, 0) is 31.2 Å². The van der Waals surface area contributed by atoms with Gasteiger partial charge in [-0.3, -0.25) is 10.1 Å². The average Bonchev–Trinajstić information content (AvgIpc) is 3.23. The Balaban J connectivity index is 1.79. The Morgan fingerprint density at radius 1 is 1.12 bits per heavy atom. The molecule has 2 aromatic heterocycles. The highest BCUT2D eigenvalue weighted by Gasteiger charge is 2.13. The second kappa shape index (κ2) is 7.02. The summed E-state index contributed by atoms with van der Waals surface area (Å²) in [4.78, 5) is 19.2. The van der Waals surface area contributed by atoms with Gasteiger partial charge in [0.25, 0.3) is 5.91 Å². The van der Waals surface area contributed by atoms with Crippen molar-refractivity contribution in [2.45, 2.75) is 6.92 Å². The van der Waals surface area contributed by atoms with Crippen molar-refractivity contribution in [1.82, 2.24) is 4.98 Å². The van der Waals surface area contributed by atoms with Crippen molar-refractivity contribution in [3.63, 3.8) is 0 Å². The molecular formula is C17H16N2O3S2. The topological polar surface area (TPSA) is 60.5 Å². The number of ether oxygens (including phenoxy) is 2. The lowest BCUT2D eigenvalue weighted by Gasteiger charge is -2.08. The molecule has 1 N–H and O–H groups in total. The molecule has 5 nitrogen and oxygen atoms in total. The van der Waals surface area contributed by atoms with Gasteiger partial charge >= 0.3 is 0 Å². The first-order valence-electron chi connectivity index (χ1n) is 7.16. The lowest BCUT2D eigenvalue weighted by molar-refractivity contribution is 0.102. The van der Waals surface area contributed by atoms with Gasteiger partial charge in [0.1, 0.15) is 11.5 Å². The Morgan fingerprint density at radius 2 is 1.83 bits per heavy atom. The number of nitrogens with zero attached hydrogens (tertiary/aromatic N) is 1. The van der Waals surface area contributed by atoms with Gasteiger partial charge in [0.15, 0.2) is 5.13 Å². The molecule has 0 fully saturated rings. The first-order chi connectivity index (χ1) is 11.6. The second-order valence-electron chi connectivity index (χ2n) is 5.00. The van der Waals surface area contributed by atoms with Crippen molar-refractivity contribution in [3.8, 4) is 22.1 Å². The highest BCUT2D eigenvalue weighted by atomic mass is 32.1. The fourth-order valence-corrected chi connectivity index (χ4v) is 3.73. The van der Waals surface area contributed by atoms with E-state index in [4.69, 9.17) is 9.47 Å². The van der Waals surface area contributed by atoms with Crippen LogP contribution in [0.25, 0.3) is 10.6 Å². The minimum Gasteiger partial charge on any atom is -0.497 e. The molecule has 0 saturated carbocycles. The largest absolute Gasteiger partial charge is 0.497 e. The Morgan fingerprint density at radius 3 is 2.42 bits per heavy atom. The summed E-state index contributed by atoms with van der Waals surface area (Å²) >= 11 is 3.08. The number of thiophene rings is 1. The molecule has 2 heterocycles. The highest BCUT2D eigenvalue weighted by Crippen LogP contribution is 2.31. The molecule has 0 atom stereocenters. The van der Waals surface area contributed by atoms with Crippen molar-refractivity contribution in [2.24, 2.45) is 0 Å². The van der Waals surface area contributed by atoms with E-state index in [2.05, 4.69) is 23.3 Å². The fourth-order valence-electron chi connectivity index (χ4n) is 2.12. The number of amides is 1. The van der Waals surface area contributed by atoms with E-state index in [0.717, 1.165) is 10.6 Å². The maximum absolute atomic E-state index is 12.4. The number of carbonyl (C=O) groups excluding carboxylic acids is 1. The second-order valence-corrected chi connectivity index (χ2v) is 7.15. The number of aromatic nitrogens is 1. The quantitative estimate of drug-likeness (QED) is 0.730. The first kappa shape index (κ1) is 16.5. The number of rotatable bonds is 5. The van der Waals surface area contributed by atoms with E-state index in [1.165, 1.54) is 16.2 Å².